The van der Waals surface area contributed by atoms with E-state index in [1.165, 1.54) is 41.7 Å². The fourth-order valence-electron chi connectivity index (χ4n) is 5.86. The monoisotopic (exact) mass is 470 g/mol. The van der Waals surface area contributed by atoms with Crippen LogP contribution in [0.4, 0.5) is 0 Å². The number of aromatic nitrogens is 1. The molecule has 1 atom stereocenters. The van der Waals surface area contributed by atoms with E-state index in [0.717, 1.165) is 62.6 Å². The van der Waals surface area contributed by atoms with E-state index in [2.05, 4.69) is 46.4 Å². The number of hydrogen-bond acceptors (Lipinski definition) is 3. The molecule has 3 aromatic rings. The van der Waals surface area contributed by atoms with Gasteiger partial charge in [-0.1, -0.05) is 55.7 Å². The molecule has 1 heterocycles. The fourth-order valence-corrected chi connectivity index (χ4v) is 5.86. The molecule has 2 aromatic carbocycles. The van der Waals surface area contributed by atoms with E-state index in [-0.39, 0.29) is 17.9 Å². The summed E-state index contributed by atoms with van der Waals surface area (Å²) in [5, 5.41) is 1.24. The minimum absolute atomic E-state index is 0.114. The molecule has 5 rings (SSSR count). The zero-order valence-corrected chi connectivity index (χ0v) is 20.5. The van der Waals surface area contributed by atoms with Crippen LogP contribution in [0.25, 0.3) is 17.0 Å². The predicted octanol–water partition coefficient (Wildman–Crippen LogP) is 5.99. The first kappa shape index (κ1) is 23.4. The van der Waals surface area contributed by atoms with Crippen molar-refractivity contribution in [2.45, 2.75) is 57.4 Å². The highest BCUT2D eigenvalue weighted by Crippen LogP contribution is 2.39. The van der Waals surface area contributed by atoms with Crippen molar-refractivity contribution in [3.05, 3.63) is 77.0 Å². The second kappa shape index (κ2) is 10.5. The fraction of sp³-hybridized carbons (Fsp3) is 0.400. The third-order valence-corrected chi connectivity index (χ3v) is 7.74. The third-order valence-electron chi connectivity index (χ3n) is 7.74. The quantitative estimate of drug-likeness (QED) is 0.341. The predicted molar refractivity (Wildman–Crippen MR) is 139 cm³/mol. The summed E-state index contributed by atoms with van der Waals surface area (Å²) in [6.07, 6.45) is 13.7. The number of rotatable bonds is 7. The van der Waals surface area contributed by atoms with Gasteiger partial charge in [-0.25, -0.2) is 4.79 Å². The maximum Gasteiger partial charge on any atom is 0.330 e. The van der Waals surface area contributed by atoms with Gasteiger partial charge in [0.2, 0.25) is 5.91 Å². The Labute approximate surface area is 207 Å². The summed E-state index contributed by atoms with van der Waals surface area (Å²) >= 11 is 0. The first-order valence-corrected chi connectivity index (χ1v) is 12.9. The van der Waals surface area contributed by atoms with Crippen LogP contribution in [-0.2, 0) is 27.2 Å². The Morgan fingerprint density at radius 1 is 1.09 bits per heavy atom. The lowest BCUT2D eigenvalue weighted by molar-refractivity contribution is -0.139. The van der Waals surface area contributed by atoms with Crippen molar-refractivity contribution in [2.75, 3.05) is 13.7 Å². The number of methoxy groups -OCH3 is 1. The topological polar surface area (TPSA) is 62.4 Å². The second-order valence-corrected chi connectivity index (χ2v) is 9.85. The van der Waals surface area contributed by atoms with Gasteiger partial charge in [-0.15, -0.1) is 0 Å². The smallest absolute Gasteiger partial charge is 0.330 e. The summed E-state index contributed by atoms with van der Waals surface area (Å²) in [4.78, 5) is 30.9. The van der Waals surface area contributed by atoms with Gasteiger partial charge in [0.15, 0.2) is 0 Å². The minimum Gasteiger partial charge on any atom is -0.466 e. The van der Waals surface area contributed by atoms with E-state index in [1.54, 1.807) is 6.08 Å². The number of H-pyrrole nitrogens is 1. The molecule has 0 radical (unpaired) electrons. The number of esters is 1. The Morgan fingerprint density at radius 2 is 1.91 bits per heavy atom. The molecular formula is C30H34N2O3. The van der Waals surface area contributed by atoms with Crippen LogP contribution in [-0.4, -0.2) is 35.4 Å². The van der Waals surface area contributed by atoms with Crippen LogP contribution in [0.15, 0.2) is 54.7 Å². The molecule has 1 amide bonds. The molecule has 0 bridgehead atoms. The lowest BCUT2D eigenvalue weighted by atomic mass is 9.87. The van der Waals surface area contributed by atoms with Gasteiger partial charge in [-0.3, -0.25) is 4.79 Å². The number of benzene rings is 2. The van der Waals surface area contributed by atoms with Crippen molar-refractivity contribution < 1.29 is 14.3 Å². The van der Waals surface area contributed by atoms with Gasteiger partial charge in [0.1, 0.15) is 0 Å². The van der Waals surface area contributed by atoms with Gasteiger partial charge in [0, 0.05) is 35.6 Å². The third kappa shape index (κ3) is 5.04. The van der Waals surface area contributed by atoms with Crippen LogP contribution >= 0.6 is 0 Å². The molecule has 182 valence electrons. The number of aryl methyl sites for hydroxylation is 1. The standard InChI is InChI=1S/C30H34N2O3/c1-35-29(33)16-12-21-11-14-26-23(19-21)13-15-28(26)32(30(34)22-7-3-2-4-8-22)18-17-24-20-31-27-10-6-5-9-25(24)27/h5-6,9-12,14,16,19-20,22,28,31H,2-4,7-8,13,15,17-18H2,1H3/b16-12+. The number of amides is 1. The Bertz CT molecular complexity index is 1240. The molecule has 1 saturated carbocycles. The molecule has 1 aromatic heterocycles. The molecule has 1 fully saturated rings. The summed E-state index contributed by atoms with van der Waals surface area (Å²) in [7, 11) is 1.38. The Balaban J connectivity index is 1.39. The number of aromatic amines is 1. The van der Waals surface area contributed by atoms with Gasteiger partial charge in [0.25, 0.3) is 0 Å². The van der Waals surface area contributed by atoms with E-state index in [9.17, 15) is 9.59 Å². The van der Waals surface area contributed by atoms with Crippen LogP contribution in [0, 0.1) is 5.92 Å². The Kier molecular flexibility index (Phi) is 7.03. The summed E-state index contributed by atoms with van der Waals surface area (Å²) in [6.45, 7) is 0.727. The number of fused-ring (bicyclic) bond motifs is 2. The number of hydrogen-bond donors (Lipinski definition) is 1. The minimum atomic E-state index is -0.357. The van der Waals surface area contributed by atoms with Crippen LogP contribution in [0.3, 0.4) is 0 Å². The summed E-state index contributed by atoms with van der Waals surface area (Å²) < 4.78 is 4.71. The summed E-state index contributed by atoms with van der Waals surface area (Å²) in [5.74, 6) is 0.125. The van der Waals surface area contributed by atoms with Crippen molar-refractivity contribution in [1.29, 1.82) is 0 Å². The number of carbonyl (C=O) groups excluding carboxylic acids is 2. The summed E-state index contributed by atoms with van der Waals surface area (Å²) in [5.41, 5.74) is 5.92. The van der Waals surface area contributed by atoms with E-state index in [4.69, 9.17) is 4.74 Å². The lowest BCUT2D eigenvalue weighted by Gasteiger charge is -2.34. The van der Waals surface area contributed by atoms with Crippen LogP contribution in [0.5, 0.6) is 0 Å². The maximum atomic E-state index is 13.9. The van der Waals surface area contributed by atoms with Gasteiger partial charge in [-0.2, -0.15) is 0 Å². The molecule has 0 saturated heterocycles. The molecule has 2 aliphatic rings. The maximum absolute atomic E-state index is 13.9. The molecule has 0 spiro atoms. The van der Waals surface area contributed by atoms with Crippen LogP contribution in [0.1, 0.15) is 66.8 Å². The van der Waals surface area contributed by atoms with Gasteiger partial charge >= 0.3 is 5.97 Å². The highest BCUT2D eigenvalue weighted by molar-refractivity contribution is 5.87. The first-order valence-electron chi connectivity index (χ1n) is 12.9. The molecule has 1 unspecified atom stereocenters. The number of nitrogens with zero attached hydrogens (tertiary/aromatic N) is 1. The normalized spacial score (nSPS) is 18.1. The van der Waals surface area contributed by atoms with E-state index in [1.807, 2.05) is 12.1 Å². The molecule has 2 aliphatic carbocycles. The van der Waals surface area contributed by atoms with Gasteiger partial charge in [0.05, 0.1) is 13.2 Å². The molecule has 5 heteroatoms. The average molecular weight is 471 g/mol. The van der Waals surface area contributed by atoms with Gasteiger partial charge in [-0.05, 0) is 66.5 Å². The van der Waals surface area contributed by atoms with Crippen LogP contribution in [0.2, 0.25) is 0 Å². The number of ether oxygens (including phenoxy) is 1. The Hall–Kier alpha value is -3.34. The molecule has 5 nitrogen and oxygen atoms in total. The van der Waals surface area contributed by atoms with Crippen molar-refractivity contribution in [1.82, 2.24) is 9.88 Å². The number of nitrogens with one attached hydrogen (secondary N) is 1. The average Bonchev–Trinajstić information content (AvgIpc) is 3.52. The highest BCUT2D eigenvalue weighted by Gasteiger charge is 2.34. The van der Waals surface area contributed by atoms with Gasteiger partial charge < -0.3 is 14.6 Å². The first-order chi connectivity index (χ1) is 17.1. The Morgan fingerprint density at radius 3 is 2.74 bits per heavy atom. The van der Waals surface area contributed by atoms with Crippen molar-refractivity contribution in [3.8, 4) is 0 Å². The second-order valence-electron chi connectivity index (χ2n) is 9.85. The largest absolute Gasteiger partial charge is 0.466 e. The molecular weight excluding hydrogens is 436 g/mol. The van der Waals surface area contributed by atoms with Crippen LogP contribution < -0.4 is 0 Å². The number of para-hydroxylation sites is 1. The lowest BCUT2D eigenvalue weighted by Crippen LogP contribution is -2.40. The zero-order valence-electron chi connectivity index (χ0n) is 20.5. The zero-order chi connectivity index (χ0) is 24.2. The summed E-state index contributed by atoms with van der Waals surface area (Å²) in [6, 6.07) is 14.8. The number of carbonyl (C=O) groups is 2. The van der Waals surface area contributed by atoms with E-state index >= 15 is 0 Å². The van der Waals surface area contributed by atoms with E-state index < -0.39 is 0 Å². The van der Waals surface area contributed by atoms with Crippen molar-refractivity contribution in [3.63, 3.8) is 0 Å². The van der Waals surface area contributed by atoms with Crippen molar-refractivity contribution in [2.24, 2.45) is 5.92 Å². The molecule has 1 N–H and O–H groups in total. The van der Waals surface area contributed by atoms with E-state index in [0.29, 0.717) is 5.91 Å². The van der Waals surface area contributed by atoms with Crippen molar-refractivity contribution >= 4 is 28.9 Å². The molecule has 35 heavy (non-hydrogen) atoms. The SMILES string of the molecule is COC(=O)/C=C/c1ccc2c(c1)CCC2N(CCc1c[nH]c2ccccc12)C(=O)C1CCCCC1. The molecule has 0 aliphatic heterocycles. The highest BCUT2D eigenvalue weighted by atomic mass is 16.5.